The summed E-state index contributed by atoms with van der Waals surface area (Å²) in [7, 11) is -3.58. The van der Waals surface area contributed by atoms with Crippen molar-refractivity contribution in [1.29, 1.82) is 0 Å². The standard InChI is InChI=1S/C17H26N2O4S/c1-4-16(17(20)18-12-15-6-5-11-23-15)19(24(3,21)22)14-9-7-13(2)8-10-14/h7-10,15-16H,4-6,11-12H2,1-3H3,(H,18,20)/t15-,16-/m1/s1. The molecule has 1 aromatic rings. The number of ether oxygens (including phenoxy) is 1. The number of rotatable bonds is 7. The molecule has 0 radical (unpaired) electrons. The highest BCUT2D eigenvalue weighted by Gasteiger charge is 2.31. The SMILES string of the molecule is CC[C@H](C(=O)NC[C@H]1CCCO1)N(c1ccc(C)cc1)S(C)(=O)=O. The number of sulfonamides is 1. The van der Waals surface area contributed by atoms with Gasteiger partial charge in [0.1, 0.15) is 6.04 Å². The molecule has 134 valence electrons. The van der Waals surface area contributed by atoms with Crippen LogP contribution in [0.1, 0.15) is 31.7 Å². The Morgan fingerprint density at radius 3 is 2.54 bits per heavy atom. The molecular weight excluding hydrogens is 328 g/mol. The van der Waals surface area contributed by atoms with Crippen molar-refractivity contribution in [2.24, 2.45) is 0 Å². The molecule has 1 N–H and O–H groups in total. The number of amides is 1. The van der Waals surface area contributed by atoms with Gasteiger partial charge in [-0.3, -0.25) is 9.10 Å². The van der Waals surface area contributed by atoms with E-state index in [1.54, 1.807) is 12.1 Å². The average Bonchev–Trinajstić information content (AvgIpc) is 3.03. The van der Waals surface area contributed by atoms with Gasteiger partial charge in [-0.2, -0.15) is 0 Å². The number of carbonyl (C=O) groups is 1. The summed E-state index contributed by atoms with van der Waals surface area (Å²) >= 11 is 0. The Hall–Kier alpha value is -1.60. The summed E-state index contributed by atoms with van der Waals surface area (Å²) in [5.74, 6) is -0.293. The van der Waals surface area contributed by atoms with Crippen molar-refractivity contribution in [2.45, 2.75) is 45.3 Å². The summed E-state index contributed by atoms with van der Waals surface area (Å²) in [6.45, 7) is 4.88. The predicted molar refractivity (Wildman–Crippen MR) is 94.6 cm³/mol. The van der Waals surface area contributed by atoms with Gasteiger partial charge < -0.3 is 10.1 Å². The van der Waals surface area contributed by atoms with Crippen LogP contribution >= 0.6 is 0 Å². The van der Waals surface area contributed by atoms with Gasteiger partial charge in [0, 0.05) is 13.2 Å². The lowest BCUT2D eigenvalue weighted by Gasteiger charge is -2.30. The number of hydrogen-bond acceptors (Lipinski definition) is 4. The number of aryl methyl sites for hydroxylation is 1. The Bertz CT molecular complexity index is 652. The number of benzene rings is 1. The largest absolute Gasteiger partial charge is 0.376 e. The lowest BCUT2D eigenvalue weighted by Crippen LogP contribution is -2.50. The van der Waals surface area contributed by atoms with E-state index in [1.807, 2.05) is 26.0 Å². The molecule has 1 fully saturated rings. The normalized spacial score (nSPS) is 19.0. The van der Waals surface area contributed by atoms with E-state index < -0.39 is 16.1 Å². The number of nitrogens with one attached hydrogen (secondary N) is 1. The fourth-order valence-electron chi connectivity index (χ4n) is 2.89. The number of carbonyl (C=O) groups excluding carboxylic acids is 1. The monoisotopic (exact) mass is 354 g/mol. The predicted octanol–water partition coefficient (Wildman–Crippen LogP) is 1.83. The molecule has 2 atom stereocenters. The molecule has 24 heavy (non-hydrogen) atoms. The van der Waals surface area contributed by atoms with E-state index in [0.717, 1.165) is 31.3 Å². The Balaban J connectivity index is 2.18. The van der Waals surface area contributed by atoms with Crippen LogP contribution in [0, 0.1) is 6.92 Å². The second-order valence-electron chi connectivity index (χ2n) is 6.20. The third-order valence-electron chi connectivity index (χ3n) is 4.15. The van der Waals surface area contributed by atoms with Crippen LogP contribution in [0.5, 0.6) is 0 Å². The first-order valence-corrected chi connectivity index (χ1v) is 10.1. The molecule has 1 saturated heterocycles. The van der Waals surface area contributed by atoms with Crippen molar-refractivity contribution < 1.29 is 17.9 Å². The van der Waals surface area contributed by atoms with E-state index in [9.17, 15) is 13.2 Å². The molecule has 1 aliphatic heterocycles. The second kappa shape index (κ2) is 7.98. The Labute approximate surface area is 144 Å². The lowest BCUT2D eigenvalue weighted by molar-refractivity contribution is -0.122. The van der Waals surface area contributed by atoms with Crippen LogP contribution in [0.25, 0.3) is 0 Å². The van der Waals surface area contributed by atoms with E-state index in [4.69, 9.17) is 4.74 Å². The fourth-order valence-corrected chi connectivity index (χ4v) is 4.10. The highest BCUT2D eigenvalue weighted by Crippen LogP contribution is 2.23. The molecule has 1 aromatic carbocycles. The molecule has 0 bridgehead atoms. The van der Waals surface area contributed by atoms with Gasteiger partial charge in [0.05, 0.1) is 18.0 Å². The van der Waals surface area contributed by atoms with E-state index in [2.05, 4.69) is 5.32 Å². The molecule has 0 aliphatic carbocycles. The van der Waals surface area contributed by atoms with Crippen molar-refractivity contribution in [2.75, 3.05) is 23.7 Å². The maximum absolute atomic E-state index is 12.6. The van der Waals surface area contributed by atoms with Gasteiger partial charge in [0.25, 0.3) is 0 Å². The van der Waals surface area contributed by atoms with E-state index in [1.165, 1.54) is 4.31 Å². The molecule has 0 aromatic heterocycles. The van der Waals surface area contributed by atoms with Crippen molar-refractivity contribution in [1.82, 2.24) is 5.32 Å². The Kier molecular flexibility index (Phi) is 6.23. The van der Waals surface area contributed by atoms with Crippen molar-refractivity contribution >= 4 is 21.6 Å². The summed E-state index contributed by atoms with van der Waals surface area (Å²) in [5, 5.41) is 2.84. The van der Waals surface area contributed by atoms with Gasteiger partial charge >= 0.3 is 0 Å². The molecule has 7 heteroatoms. The van der Waals surface area contributed by atoms with Crippen LogP contribution in [0.15, 0.2) is 24.3 Å². The van der Waals surface area contributed by atoms with Crippen LogP contribution < -0.4 is 9.62 Å². The molecule has 1 heterocycles. The minimum absolute atomic E-state index is 0.0255. The maximum atomic E-state index is 12.6. The van der Waals surface area contributed by atoms with E-state index >= 15 is 0 Å². The van der Waals surface area contributed by atoms with Crippen LogP contribution in [0.2, 0.25) is 0 Å². The zero-order valence-corrected chi connectivity index (χ0v) is 15.3. The van der Waals surface area contributed by atoms with Crippen LogP contribution in [-0.2, 0) is 19.6 Å². The summed E-state index contributed by atoms with van der Waals surface area (Å²) < 4.78 is 31.3. The van der Waals surface area contributed by atoms with Crippen molar-refractivity contribution in [3.05, 3.63) is 29.8 Å². The second-order valence-corrected chi connectivity index (χ2v) is 8.06. The molecular formula is C17H26N2O4S. The Morgan fingerprint density at radius 1 is 1.38 bits per heavy atom. The maximum Gasteiger partial charge on any atom is 0.243 e. The first-order chi connectivity index (χ1) is 11.3. The number of anilines is 1. The summed E-state index contributed by atoms with van der Waals surface area (Å²) in [6.07, 6.45) is 3.46. The zero-order chi connectivity index (χ0) is 17.7. The third kappa shape index (κ3) is 4.70. The topological polar surface area (TPSA) is 75.7 Å². The third-order valence-corrected chi connectivity index (χ3v) is 5.33. The van der Waals surface area contributed by atoms with Gasteiger partial charge in [-0.25, -0.2) is 8.42 Å². The van der Waals surface area contributed by atoms with Crippen molar-refractivity contribution in [3.8, 4) is 0 Å². The zero-order valence-electron chi connectivity index (χ0n) is 14.5. The van der Waals surface area contributed by atoms with Gasteiger partial charge in [-0.05, 0) is 38.3 Å². The highest BCUT2D eigenvalue weighted by atomic mass is 32.2. The van der Waals surface area contributed by atoms with Crippen LogP contribution in [-0.4, -0.2) is 45.9 Å². The van der Waals surface area contributed by atoms with E-state index in [-0.39, 0.29) is 12.0 Å². The molecule has 1 amide bonds. The average molecular weight is 354 g/mol. The minimum atomic E-state index is -3.58. The number of hydrogen-bond donors (Lipinski definition) is 1. The first kappa shape index (κ1) is 18.7. The summed E-state index contributed by atoms with van der Waals surface area (Å²) in [5.41, 5.74) is 1.53. The molecule has 0 spiro atoms. The smallest absolute Gasteiger partial charge is 0.243 e. The fraction of sp³-hybridized carbons (Fsp3) is 0.588. The van der Waals surface area contributed by atoms with Crippen molar-refractivity contribution in [3.63, 3.8) is 0 Å². The highest BCUT2D eigenvalue weighted by molar-refractivity contribution is 7.92. The molecule has 0 unspecified atom stereocenters. The lowest BCUT2D eigenvalue weighted by atomic mass is 10.1. The summed E-state index contributed by atoms with van der Waals surface area (Å²) in [6, 6.07) is 6.36. The van der Waals surface area contributed by atoms with Gasteiger partial charge in [0.15, 0.2) is 0 Å². The minimum Gasteiger partial charge on any atom is -0.376 e. The molecule has 0 saturated carbocycles. The van der Waals surface area contributed by atoms with Crippen LogP contribution in [0.4, 0.5) is 5.69 Å². The van der Waals surface area contributed by atoms with Gasteiger partial charge in [-0.15, -0.1) is 0 Å². The molecule has 1 aliphatic rings. The Morgan fingerprint density at radius 2 is 2.04 bits per heavy atom. The van der Waals surface area contributed by atoms with Gasteiger partial charge in [-0.1, -0.05) is 24.6 Å². The summed E-state index contributed by atoms with van der Waals surface area (Å²) in [4.78, 5) is 12.6. The van der Waals surface area contributed by atoms with Crippen LogP contribution in [0.3, 0.4) is 0 Å². The number of nitrogens with zero attached hydrogens (tertiary/aromatic N) is 1. The molecule has 2 rings (SSSR count). The van der Waals surface area contributed by atoms with Gasteiger partial charge in [0.2, 0.25) is 15.9 Å². The quantitative estimate of drug-likeness (QED) is 0.811. The first-order valence-electron chi connectivity index (χ1n) is 8.28. The molecule has 6 nitrogen and oxygen atoms in total. The van der Waals surface area contributed by atoms with E-state index in [0.29, 0.717) is 18.7 Å².